The highest BCUT2D eigenvalue weighted by Gasteiger charge is 2.28. The smallest absolute Gasteiger partial charge is 0.315 e. The molecule has 2 unspecified atom stereocenters. The summed E-state index contributed by atoms with van der Waals surface area (Å²) < 4.78 is 13.5. The molecule has 116 valence electrons. The van der Waals surface area contributed by atoms with Gasteiger partial charge in [0.15, 0.2) is 0 Å². The lowest BCUT2D eigenvalue weighted by atomic mass is 9.91. The van der Waals surface area contributed by atoms with Gasteiger partial charge in [-0.2, -0.15) is 0 Å². The van der Waals surface area contributed by atoms with E-state index in [1.165, 1.54) is 12.1 Å². The summed E-state index contributed by atoms with van der Waals surface area (Å²) in [6.45, 7) is 1.62. The topological polar surface area (TPSA) is 61.4 Å². The van der Waals surface area contributed by atoms with Crippen molar-refractivity contribution in [2.75, 3.05) is 6.61 Å². The molecule has 0 bridgehead atoms. The van der Waals surface area contributed by atoms with Gasteiger partial charge in [-0.25, -0.2) is 9.18 Å². The number of carbonyl (C=O) groups excluding carboxylic acids is 1. The number of halogens is 1. The first-order valence-corrected chi connectivity index (χ1v) is 7.53. The number of hydrogen-bond acceptors (Lipinski definition) is 2. The molecule has 0 heterocycles. The third-order valence-electron chi connectivity index (χ3n) is 4.02. The Labute approximate surface area is 124 Å². The molecule has 0 saturated heterocycles. The molecule has 0 aromatic heterocycles. The van der Waals surface area contributed by atoms with Crippen LogP contribution in [0.15, 0.2) is 24.3 Å². The van der Waals surface area contributed by atoms with Gasteiger partial charge in [0.05, 0.1) is 18.7 Å². The summed E-state index contributed by atoms with van der Waals surface area (Å²) in [4.78, 5) is 12.0. The molecule has 0 spiro atoms. The molecule has 1 fully saturated rings. The summed E-state index contributed by atoms with van der Waals surface area (Å²) in [5.41, 5.74) is 0.800. The second kappa shape index (κ2) is 7.41. The Balaban J connectivity index is 2.11. The fourth-order valence-corrected chi connectivity index (χ4v) is 2.92. The SMILES string of the molecule is CC(CO)NC(=O)NC(c1cccc(F)c1)C1CCCC1. The van der Waals surface area contributed by atoms with Crippen LogP contribution in [0.4, 0.5) is 9.18 Å². The van der Waals surface area contributed by atoms with E-state index in [0.717, 1.165) is 31.2 Å². The largest absolute Gasteiger partial charge is 0.394 e. The summed E-state index contributed by atoms with van der Waals surface area (Å²) in [5.74, 6) is 0.0448. The molecule has 3 N–H and O–H groups in total. The second-order valence-corrected chi connectivity index (χ2v) is 5.78. The van der Waals surface area contributed by atoms with E-state index in [1.807, 2.05) is 6.07 Å². The van der Waals surface area contributed by atoms with Crippen LogP contribution < -0.4 is 10.6 Å². The van der Waals surface area contributed by atoms with E-state index in [-0.39, 0.29) is 30.5 Å². The van der Waals surface area contributed by atoms with Gasteiger partial charge in [-0.05, 0) is 43.4 Å². The van der Waals surface area contributed by atoms with E-state index in [0.29, 0.717) is 5.92 Å². The molecule has 2 atom stereocenters. The summed E-state index contributed by atoms with van der Waals surface area (Å²) in [7, 11) is 0. The molecular weight excluding hydrogens is 271 g/mol. The zero-order valence-corrected chi connectivity index (χ0v) is 12.3. The summed E-state index contributed by atoms with van der Waals surface area (Å²) >= 11 is 0. The van der Waals surface area contributed by atoms with Gasteiger partial charge in [0.25, 0.3) is 0 Å². The van der Waals surface area contributed by atoms with Crippen LogP contribution in [0.3, 0.4) is 0 Å². The number of carbonyl (C=O) groups is 1. The monoisotopic (exact) mass is 294 g/mol. The van der Waals surface area contributed by atoms with Crippen molar-refractivity contribution in [2.24, 2.45) is 5.92 Å². The van der Waals surface area contributed by atoms with Crippen LogP contribution in [0.2, 0.25) is 0 Å². The molecule has 1 aliphatic rings. The van der Waals surface area contributed by atoms with Crippen molar-refractivity contribution in [2.45, 2.75) is 44.7 Å². The number of aliphatic hydroxyl groups is 1. The lowest BCUT2D eigenvalue weighted by Crippen LogP contribution is -2.45. The normalized spacial score (nSPS) is 18.2. The van der Waals surface area contributed by atoms with Crippen molar-refractivity contribution >= 4 is 6.03 Å². The van der Waals surface area contributed by atoms with Crippen molar-refractivity contribution < 1.29 is 14.3 Å². The first kappa shape index (κ1) is 15.8. The number of urea groups is 1. The molecule has 2 amide bonds. The van der Waals surface area contributed by atoms with Crippen LogP contribution in [0.25, 0.3) is 0 Å². The maximum Gasteiger partial charge on any atom is 0.315 e. The van der Waals surface area contributed by atoms with Gasteiger partial charge in [0, 0.05) is 0 Å². The first-order chi connectivity index (χ1) is 10.1. The average Bonchev–Trinajstić information content (AvgIpc) is 2.98. The minimum atomic E-state index is -0.322. The summed E-state index contributed by atoms with van der Waals surface area (Å²) in [5, 5.41) is 14.6. The van der Waals surface area contributed by atoms with Gasteiger partial charge in [-0.3, -0.25) is 0 Å². The van der Waals surface area contributed by atoms with Gasteiger partial charge in [0.2, 0.25) is 0 Å². The summed E-state index contributed by atoms with van der Waals surface area (Å²) in [6, 6.07) is 5.60. The number of rotatable bonds is 5. The van der Waals surface area contributed by atoms with Crippen molar-refractivity contribution in [3.05, 3.63) is 35.6 Å². The predicted molar refractivity (Wildman–Crippen MR) is 79.3 cm³/mol. The lowest BCUT2D eigenvalue weighted by molar-refractivity contribution is 0.213. The Hall–Kier alpha value is -1.62. The molecule has 1 aromatic carbocycles. The maximum absolute atomic E-state index is 13.5. The number of nitrogens with one attached hydrogen (secondary N) is 2. The van der Waals surface area contributed by atoms with Crippen LogP contribution in [0.5, 0.6) is 0 Å². The fraction of sp³-hybridized carbons (Fsp3) is 0.562. The molecule has 4 nitrogen and oxygen atoms in total. The van der Waals surface area contributed by atoms with Crippen LogP contribution in [-0.4, -0.2) is 23.8 Å². The molecule has 1 saturated carbocycles. The van der Waals surface area contributed by atoms with Gasteiger partial charge in [-0.15, -0.1) is 0 Å². The number of amides is 2. The number of aliphatic hydroxyl groups excluding tert-OH is 1. The third kappa shape index (κ3) is 4.43. The highest BCUT2D eigenvalue weighted by atomic mass is 19.1. The van der Waals surface area contributed by atoms with Gasteiger partial charge < -0.3 is 15.7 Å². The minimum Gasteiger partial charge on any atom is -0.394 e. The molecular formula is C16H23FN2O2. The third-order valence-corrected chi connectivity index (χ3v) is 4.02. The van der Waals surface area contributed by atoms with Crippen molar-refractivity contribution in [3.8, 4) is 0 Å². The molecule has 1 aliphatic carbocycles. The van der Waals surface area contributed by atoms with E-state index in [2.05, 4.69) is 10.6 Å². The molecule has 0 aliphatic heterocycles. The number of hydrogen-bond donors (Lipinski definition) is 3. The van der Waals surface area contributed by atoms with Crippen LogP contribution in [-0.2, 0) is 0 Å². The van der Waals surface area contributed by atoms with E-state index < -0.39 is 0 Å². The Morgan fingerprint density at radius 3 is 2.71 bits per heavy atom. The molecule has 1 aromatic rings. The van der Waals surface area contributed by atoms with Gasteiger partial charge in [-0.1, -0.05) is 25.0 Å². The van der Waals surface area contributed by atoms with Crippen molar-refractivity contribution in [1.29, 1.82) is 0 Å². The quantitative estimate of drug-likeness (QED) is 0.782. The van der Waals surface area contributed by atoms with Gasteiger partial charge >= 0.3 is 6.03 Å². The van der Waals surface area contributed by atoms with Crippen molar-refractivity contribution in [1.82, 2.24) is 10.6 Å². The maximum atomic E-state index is 13.5. The molecule has 5 heteroatoms. The van der Waals surface area contributed by atoms with Gasteiger partial charge in [0.1, 0.15) is 5.82 Å². The summed E-state index contributed by atoms with van der Waals surface area (Å²) in [6.07, 6.45) is 4.37. The first-order valence-electron chi connectivity index (χ1n) is 7.53. The highest BCUT2D eigenvalue weighted by molar-refractivity contribution is 5.74. The van der Waals surface area contributed by atoms with E-state index in [1.54, 1.807) is 13.0 Å². The average molecular weight is 294 g/mol. The van der Waals surface area contributed by atoms with E-state index >= 15 is 0 Å². The second-order valence-electron chi connectivity index (χ2n) is 5.78. The van der Waals surface area contributed by atoms with Crippen LogP contribution in [0.1, 0.15) is 44.2 Å². The minimum absolute atomic E-state index is 0.110. The Morgan fingerprint density at radius 1 is 1.38 bits per heavy atom. The van der Waals surface area contributed by atoms with E-state index in [9.17, 15) is 9.18 Å². The lowest BCUT2D eigenvalue weighted by Gasteiger charge is -2.26. The Morgan fingerprint density at radius 2 is 2.10 bits per heavy atom. The van der Waals surface area contributed by atoms with Crippen molar-refractivity contribution in [3.63, 3.8) is 0 Å². The molecule has 2 rings (SSSR count). The standard InChI is InChI=1S/C16H23FN2O2/c1-11(10-20)18-16(21)19-15(12-5-2-3-6-12)13-7-4-8-14(17)9-13/h4,7-9,11-12,15,20H,2-3,5-6,10H2,1H3,(H2,18,19,21). The Kier molecular flexibility index (Phi) is 5.56. The highest BCUT2D eigenvalue weighted by Crippen LogP contribution is 2.35. The molecule has 21 heavy (non-hydrogen) atoms. The fourth-order valence-electron chi connectivity index (χ4n) is 2.92. The zero-order valence-electron chi connectivity index (χ0n) is 12.3. The van der Waals surface area contributed by atoms with Crippen LogP contribution in [0, 0.1) is 11.7 Å². The Bertz CT molecular complexity index is 475. The number of benzene rings is 1. The van der Waals surface area contributed by atoms with E-state index in [4.69, 9.17) is 5.11 Å². The zero-order chi connectivity index (χ0) is 15.2. The van der Waals surface area contributed by atoms with Crippen LogP contribution >= 0.6 is 0 Å². The predicted octanol–water partition coefficient (Wildman–Crippen LogP) is 2.74. The molecule has 0 radical (unpaired) electrons.